The number of anilines is 1. The molecule has 1 unspecified atom stereocenters. The number of benzene rings is 2. The third kappa shape index (κ3) is 4.61. The van der Waals surface area contributed by atoms with Crippen molar-refractivity contribution in [3.63, 3.8) is 0 Å². The smallest absolute Gasteiger partial charge is 0.244 e. The van der Waals surface area contributed by atoms with Crippen LogP contribution in [0.1, 0.15) is 25.2 Å². The number of piperazine rings is 1. The fourth-order valence-electron chi connectivity index (χ4n) is 4.69. The number of sulfonamides is 1. The molecule has 5 rings (SSSR count). The fourth-order valence-corrected chi connectivity index (χ4v) is 6.23. The van der Waals surface area contributed by atoms with E-state index in [9.17, 15) is 13.2 Å². The quantitative estimate of drug-likeness (QED) is 0.575. The third-order valence-electron chi connectivity index (χ3n) is 6.63. The molecule has 1 aromatic heterocycles. The zero-order valence-corrected chi connectivity index (χ0v) is 20.9. The lowest BCUT2D eigenvalue weighted by molar-refractivity contribution is -0.125. The summed E-state index contributed by atoms with van der Waals surface area (Å²) in [6.07, 6.45) is -0.504. The lowest BCUT2D eigenvalue weighted by Crippen LogP contribution is -2.62. The van der Waals surface area contributed by atoms with Gasteiger partial charge >= 0.3 is 0 Å². The monoisotopic (exact) mass is 494 g/mol. The van der Waals surface area contributed by atoms with Gasteiger partial charge in [0.15, 0.2) is 0 Å². The molecule has 0 spiro atoms. The number of rotatable bonds is 3. The minimum Gasteiger partial charge on any atom is -0.358 e. The molecular formula is C25H30N6O3S. The van der Waals surface area contributed by atoms with Gasteiger partial charge < -0.3 is 10.6 Å². The van der Waals surface area contributed by atoms with E-state index in [1.54, 1.807) is 18.2 Å². The Morgan fingerprint density at radius 1 is 1.03 bits per heavy atom. The van der Waals surface area contributed by atoms with E-state index in [4.69, 9.17) is 9.97 Å². The number of fused-ring (bicyclic) bond motifs is 5. The van der Waals surface area contributed by atoms with E-state index >= 15 is 0 Å². The maximum atomic E-state index is 13.4. The van der Waals surface area contributed by atoms with E-state index in [-0.39, 0.29) is 23.3 Å². The summed E-state index contributed by atoms with van der Waals surface area (Å²) in [5.74, 6) is 1.06. The van der Waals surface area contributed by atoms with Gasteiger partial charge in [-0.2, -0.15) is 4.31 Å². The Labute approximate surface area is 205 Å². The number of carbonyl (C=O) groups is 1. The van der Waals surface area contributed by atoms with Crippen LogP contribution in [-0.2, 0) is 21.4 Å². The average molecular weight is 495 g/mol. The van der Waals surface area contributed by atoms with Gasteiger partial charge in [0.2, 0.25) is 15.9 Å². The van der Waals surface area contributed by atoms with Gasteiger partial charge in [-0.1, -0.05) is 38.1 Å². The number of hydrogen-bond acceptors (Lipinski definition) is 7. The molecule has 0 saturated carbocycles. The third-order valence-corrected chi connectivity index (χ3v) is 8.49. The molecule has 9 nitrogen and oxygen atoms in total. The summed E-state index contributed by atoms with van der Waals surface area (Å²) >= 11 is 0. The molecule has 2 aliphatic heterocycles. The van der Waals surface area contributed by atoms with Crippen molar-refractivity contribution in [3.05, 3.63) is 59.9 Å². The molecule has 35 heavy (non-hydrogen) atoms. The maximum Gasteiger partial charge on any atom is 0.244 e. The van der Waals surface area contributed by atoms with Gasteiger partial charge in [-0.15, -0.1) is 0 Å². The molecule has 184 valence electrons. The highest BCUT2D eigenvalue weighted by Crippen LogP contribution is 2.26. The molecular weight excluding hydrogens is 464 g/mol. The van der Waals surface area contributed by atoms with Gasteiger partial charge in [0.1, 0.15) is 17.7 Å². The summed E-state index contributed by atoms with van der Waals surface area (Å²) in [6.45, 7) is 7.12. The molecule has 1 amide bonds. The second kappa shape index (κ2) is 9.18. The maximum absolute atomic E-state index is 13.4. The highest BCUT2D eigenvalue weighted by molar-refractivity contribution is 7.89. The van der Waals surface area contributed by atoms with Crippen LogP contribution in [0.3, 0.4) is 0 Å². The molecule has 3 heterocycles. The number of para-hydroxylation sites is 1. The van der Waals surface area contributed by atoms with Crippen LogP contribution in [0.4, 0.5) is 5.82 Å². The van der Waals surface area contributed by atoms with Crippen LogP contribution in [0.15, 0.2) is 53.4 Å². The normalized spacial score (nSPS) is 21.9. The summed E-state index contributed by atoms with van der Waals surface area (Å²) in [7, 11) is -3.69. The Morgan fingerprint density at radius 2 is 1.83 bits per heavy atom. The van der Waals surface area contributed by atoms with E-state index in [1.165, 1.54) is 4.31 Å². The Morgan fingerprint density at radius 3 is 2.60 bits per heavy atom. The molecule has 1 fully saturated rings. The minimum atomic E-state index is -3.69. The van der Waals surface area contributed by atoms with E-state index < -0.39 is 22.2 Å². The van der Waals surface area contributed by atoms with E-state index in [0.29, 0.717) is 31.3 Å². The second-order valence-electron chi connectivity index (χ2n) is 9.55. The van der Waals surface area contributed by atoms with Crippen LogP contribution in [0.5, 0.6) is 0 Å². The van der Waals surface area contributed by atoms with Crippen LogP contribution in [0.25, 0.3) is 10.9 Å². The van der Waals surface area contributed by atoms with E-state index in [0.717, 1.165) is 16.5 Å². The number of hydrogen-bond donors (Lipinski definition) is 2. The molecule has 2 atom stereocenters. The lowest BCUT2D eigenvalue weighted by atomic mass is 10.0. The number of aryl methyl sites for hydroxylation is 1. The van der Waals surface area contributed by atoms with E-state index in [2.05, 4.69) is 15.5 Å². The van der Waals surface area contributed by atoms with Crippen molar-refractivity contribution in [1.29, 1.82) is 0 Å². The standard InChI is InChI=1S/C25H30N6O3S/c1-16(2)23-25(32)28-22-15-31(35(33,34)18-8-6-7-17(3)13-18)12-11-30(22)14-21-26-20-10-5-4-9-19(20)24(27-21)29-23/h4-10,13,16,22-23H,11-12,14-15H2,1-3H3,(H,28,32)(H,26,27,29)/t22?,23-/m0/s1. The Balaban J connectivity index is 1.51. The molecule has 2 N–H and O–H groups in total. The predicted octanol–water partition coefficient (Wildman–Crippen LogP) is 2.34. The SMILES string of the molecule is Cc1cccc(S(=O)(=O)N2CCN3Cc4nc(c5ccccc5n4)N[C@@H](C(C)C)C(=O)NC3C2)c1. The van der Waals surface area contributed by atoms with Gasteiger partial charge in [-0.25, -0.2) is 18.4 Å². The summed E-state index contributed by atoms with van der Waals surface area (Å²) in [5.41, 5.74) is 1.69. The second-order valence-corrected chi connectivity index (χ2v) is 11.5. The number of carbonyl (C=O) groups excluding carboxylic acids is 1. The Hall–Kier alpha value is -3.08. The zero-order chi connectivity index (χ0) is 24.7. The molecule has 0 aliphatic carbocycles. The first-order chi connectivity index (χ1) is 16.7. The van der Waals surface area contributed by atoms with Crippen molar-refractivity contribution in [2.45, 2.75) is 44.4 Å². The van der Waals surface area contributed by atoms with Crippen molar-refractivity contribution in [1.82, 2.24) is 24.5 Å². The first kappa shape index (κ1) is 23.7. The van der Waals surface area contributed by atoms with Gasteiger partial charge in [0.25, 0.3) is 0 Å². The Kier molecular flexibility index (Phi) is 6.20. The number of nitrogens with one attached hydrogen (secondary N) is 2. The molecule has 1 saturated heterocycles. The van der Waals surface area contributed by atoms with Crippen molar-refractivity contribution >= 4 is 32.7 Å². The molecule has 10 heteroatoms. The highest BCUT2D eigenvalue weighted by Gasteiger charge is 2.37. The van der Waals surface area contributed by atoms with Crippen molar-refractivity contribution in [2.24, 2.45) is 5.92 Å². The molecule has 2 aliphatic rings. The summed E-state index contributed by atoms with van der Waals surface area (Å²) < 4.78 is 28.2. The first-order valence-electron chi connectivity index (χ1n) is 11.9. The van der Waals surface area contributed by atoms with Crippen LogP contribution < -0.4 is 10.6 Å². The van der Waals surface area contributed by atoms with Gasteiger partial charge in [-0.05, 0) is 42.7 Å². The number of aromatic nitrogens is 2. The fraction of sp³-hybridized carbons (Fsp3) is 0.400. The largest absolute Gasteiger partial charge is 0.358 e. The predicted molar refractivity (Wildman–Crippen MR) is 134 cm³/mol. The van der Waals surface area contributed by atoms with Gasteiger partial charge in [-0.3, -0.25) is 9.69 Å². The molecule has 2 aromatic carbocycles. The number of nitrogens with zero attached hydrogens (tertiary/aromatic N) is 4. The summed E-state index contributed by atoms with van der Waals surface area (Å²) in [4.78, 5) is 25.3. The first-order valence-corrected chi connectivity index (χ1v) is 13.3. The van der Waals surface area contributed by atoms with Crippen LogP contribution in [-0.4, -0.2) is 65.3 Å². The Bertz CT molecular complexity index is 1380. The lowest BCUT2D eigenvalue weighted by Gasteiger charge is -2.41. The van der Waals surface area contributed by atoms with Gasteiger partial charge in [0, 0.05) is 25.0 Å². The van der Waals surface area contributed by atoms with E-state index in [1.807, 2.05) is 51.1 Å². The van der Waals surface area contributed by atoms with Crippen molar-refractivity contribution in [3.8, 4) is 0 Å². The van der Waals surface area contributed by atoms with Crippen molar-refractivity contribution < 1.29 is 13.2 Å². The molecule has 2 bridgehead atoms. The van der Waals surface area contributed by atoms with Crippen molar-refractivity contribution in [2.75, 3.05) is 25.0 Å². The van der Waals surface area contributed by atoms with Crippen LogP contribution in [0, 0.1) is 12.8 Å². The van der Waals surface area contributed by atoms with Gasteiger partial charge in [0.05, 0.1) is 23.1 Å². The highest BCUT2D eigenvalue weighted by atomic mass is 32.2. The summed E-state index contributed by atoms with van der Waals surface area (Å²) in [5, 5.41) is 7.30. The van der Waals surface area contributed by atoms with Crippen LogP contribution in [0.2, 0.25) is 0 Å². The molecule has 0 radical (unpaired) electrons. The minimum absolute atomic E-state index is 0.0178. The van der Waals surface area contributed by atoms with Crippen LogP contribution >= 0.6 is 0 Å². The zero-order valence-electron chi connectivity index (χ0n) is 20.1. The topological polar surface area (TPSA) is 108 Å². The average Bonchev–Trinajstić information content (AvgIpc) is 2.82. The summed E-state index contributed by atoms with van der Waals surface area (Å²) in [6, 6.07) is 14.1. The number of amides is 1. The molecule has 3 aromatic rings.